The smallest absolute Gasteiger partial charge is 0.397 e. The second kappa shape index (κ2) is 11.3. The normalized spacial score (nSPS) is 37.7. The maximum Gasteiger partial charge on any atom is 0.397 e. The molecule has 0 saturated carbocycles. The minimum atomic E-state index is -4.33. The van der Waals surface area contributed by atoms with Gasteiger partial charge in [0.15, 0.2) is 0 Å². The van der Waals surface area contributed by atoms with E-state index in [4.69, 9.17) is 4.74 Å². The van der Waals surface area contributed by atoms with E-state index in [0.29, 0.717) is 23.1 Å². The van der Waals surface area contributed by atoms with Crippen LogP contribution in [0.3, 0.4) is 0 Å². The van der Waals surface area contributed by atoms with Gasteiger partial charge in [-0.3, -0.25) is 25.0 Å². The van der Waals surface area contributed by atoms with E-state index in [9.17, 15) is 13.2 Å². The summed E-state index contributed by atoms with van der Waals surface area (Å²) in [5.74, 6) is 1.34. The summed E-state index contributed by atoms with van der Waals surface area (Å²) in [6, 6.07) is 2.12. The minimum absolute atomic E-state index is 0.0341. The molecule has 4 aliphatic heterocycles. The van der Waals surface area contributed by atoms with Crippen LogP contribution in [0.2, 0.25) is 0 Å². The topological polar surface area (TPSA) is 69.6 Å². The number of hydrogen-bond acceptors (Lipinski definition) is 8. The Morgan fingerprint density at radius 3 is 2.74 bits per heavy atom. The number of fused-ring (bicyclic) bond motifs is 6. The number of halogens is 3. The Balaban J connectivity index is 1.29. The van der Waals surface area contributed by atoms with E-state index in [0.717, 1.165) is 52.9 Å². The Kier molecular flexibility index (Phi) is 8.55. The van der Waals surface area contributed by atoms with E-state index in [1.165, 1.54) is 19.3 Å². The molecule has 4 bridgehead atoms. The van der Waals surface area contributed by atoms with Gasteiger partial charge in [-0.1, -0.05) is 11.9 Å². The third-order valence-corrected chi connectivity index (χ3v) is 10.4. The fourth-order valence-corrected chi connectivity index (χ4v) is 7.69. The molecule has 0 radical (unpaired) electrons. The van der Waals surface area contributed by atoms with Gasteiger partial charge in [0.25, 0.3) is 0 Å². The Labute approximate surface area is 235 Å². The SMILES string of the molecule is CC1NN2CCCC3CN(C4NC(n5ccc(OCC(C)(C)C(F)(F)F)n5)CCC4CNSC1C2)C(C)(C)C3. The minimum Gasteiger partial charge on any atom is -0.476 e. The van der Waals surface area contributed by atoms with E-state index < -0.39 is 18.2 Å². The first-order valence-electron chi connectivity index (χ1n) is 14.5. The van der Waals surface area contributed by atoms with Crippen LogP contribution >= 0.6 is 11.9 Å². The number of rotatable bonds is 4. The van der Waals surface area contributed by atoms with Crippen LogP contribution in [0, 0.1) is 17.3 Å². The first kappa shape index (κ1) is 29.4. The standard InChI is InChI=1S/C27H46F3N7OS/c1-18-21-16-35(33-18)11-6-7-19-13-26(4,5)36(15-19)24-20(14-31-39-21)8-9-22(32-24)37-12-10-23(34-37)38-17-25(2,3)27(28,29)30/h10,12,18-22,24,31-33H,6-9,11,13-17H2,1-5H3. The molecule has 12 heteroatoms. The zero-order valence-corrected chi connectivity index (χ0v) is 24.7. The first-order chi connectivity index (χ1) is 18.3. The molecule has 4 fully saturated rings. The number of ether oxygens (including phenoxy) is 1. The van der Waals surface area contributed by atoms with Gasteiger partial charge in [0.05, 0.1) is 11.6 Å². The van der Waals surface area contributed by atoms with Crippen LogP contribution < -0.4 is 20.2 Å². The van der Waals surface area contributed by atoms with Crippen molar-refractivity contribution in [1.82, 2.24) is 35.2 Å². The van der Waals surface area contributed by atoms with Gasteiger partial charge in [0.2, 0.25) is 5.88 Å². The van der Waals surface area contributed by atoms with Crippen LogP contribution in [0.5, 0.6) is 5.88 Å². The lowest BCUT2D eigenvalue weighted by molar-refractivity contribution is -0.219. The molecule has 222 valence electrons. The molecule has 1 aromatic heterocycles. The van der Waals surface area contributed by atoms with Crippen molar-refractivity contribution < 1.29 is 17.9 Å². The Hall–Kier alpha value is -1.05. The summed E-state index contributed by atoms with van der Waals surface area (Å²) in [5.41, 5.74) is 1.81. The summed E-state index contributed by atoms with van der Waals surface area (Å²) in [6.07, 6.45) is 3.20. The molecule has 4 saturated heterocycles. The van der Waals surface area contributed by atoms with Gasteiger partial charge in [-0.2, -0.15) is 13.2 Å². The second-order valence-electron chi connectivity index (χ2n) is 13.3. The van der Waals surface area contributed by atoms with Crippen molar-refractivity contribution >= 4 is 11.9 Å². The molecule has 1 aromatic rings. The van der Waals surface area contributed by atoms with E-state index in [2.05, 4.69) is 51.2 Å². The third-order valence-electron chi connectivity index (χ3n) is 9.19. The first-order valence-corrected chi connectivity index (χ1v) is 15.4. The summed E-state index contributed by atoms with van der Waals surface area (Å²) >= 11 is 1.87. The van der Waals surface area contributed by atoms with Crippen LogP contribution in [0.1, 0.15) is 72.9 Å². The van der Waals surface area contributed by atoms with Gasteiger partial charge < -0.3 is 4.74 Å². The van der Waals surface area contributed by atoms with Crippen molar-refractivity contribution in [1.29, 1.82) is 0 Å². The fourth-order valence-electron chi connectivity index (χ4n) is 6.64. The highest BCUT2D eigenvalue weighted by Crippen LogP contribution is 2.41. The molecule has 0 aromatic carbocycles. The highest BCUT2D eigenvalue weighted by atomic mass is 32.2. The lowest BCUT2D eigenvalue weighted by Gasteiger charge is -2.47. The fraction of sp³-hybridized carbons (Fsp3) is 0.889. The van der Waals surface area contributed by atoms with Gasteiger partial charge in [-0.05, 0) is 72.6 Å². The summed E-state index contributed by atoms with van der Waals surface area (Å²) in [6.45, 7) is 13.0. The Morgan fingerprint density at radius 1 is 1.18 bits per heavy atom. The van der Waals surface area contributed by atoms with Gasteiger partial charge in [-0.25, -0.2) is 5.01 Å². The number of hydrazine groups is 1. The van der Waals surface area contributed by atoms with Crippen molar-refractivity contribution in [3.05, 3.63) is 12.3 Å². The quantitative estimate of drug-likeness (QED) is 0.459. The molecule has 5 heterocycles. The van der Waals surface area contributed by atoms with Crippen molar-refractivity contribution in [3.63, 3.8) is 0 Å². The largest absolute Gasteiger partial charge is 0.476 e. The summed E-state index contributed by atoms with van der Waals surface area (Å²) in [7, 11) is 0. The lowest BCUT2D eigenvalue weighted by atomic mass is 9.90. The predicted molar refractivity (Wildman–Crippen MR) is 148 cm³/mol. The lowest BCUT2D eigenvalue weighted by Crippen LogP contribution is -2.60. The highest BCUT2D eigenvalue weighted by Gasteiger charge is 2.48. The Bertz CT molecular complexity index is 973. The van der Waals surface area contributed by atoms with Crippen molar-refractivity contribution in [2.45, 2.75) is 102 Å². The average molecular weight is 574 g/mol. The number of piperidine rings is 1. The number of alkyl halides is 3. The maximum absolute atomic E-state index is 13.3. The molecule has 0 aliphatic carbocycles. The molecule has 8 nitrogen and oxygen atoms in total. The van der Waals surface area contributed by atoms with Crippen LogP contribution in [0.25, 0.3) is 0 Å². The summed E-state index contributed by atoms with van der Waals surface area (Å²) < 4.78 is 50.9. The van der Waals surface area contributed by atoms with Crippen LogP contribution in [-0.2, 0) is 0 Å². The van der Waals surface area contributed by atoms with Gasteiger partial charge >= 0.3 is 6.18 Å². The third kappa shape index (κ3) is 6.56. The molecule has 0 amide bonds. The van der Waals surface area contributed by atoms with Crippen molar-refractivity contribution in [3.8, 4) is 5.88 Å². The monoisotopic (exact) mass is 573 g/mol. The molecular formula is C27H46F3N7OS. The van der Waals surface area contributed by atoms with Gasteiger partial charge in [-0.15, -0.1) is 5.10 Å². The van der Waals surface area contributed by atoms with Crippen LogP contribution in [0.15, 0.2) is 12.3 Å². The van der Waals surface area contributed by atoms with Crippen molar-refractivity contribution in [2.24, 2.45) is 17.3 Å². The number of aromatic nitrogens is 2. The van der Waals surface area contributed by atoms with E-state index >= 15 is 0 Å². The molecule has 0 spiro atoms. The van der Waals surface area contributed by atoms with E-state index in [1.54, 1.807) is 6.07 Å². The zero-order valence-electron chi connectivity index (χ0n) is 23.9. The summed E-state index contributed by atoms with van der Waals surface area (Å²) in [5, 5.41) is 11.4. The molecule has 5 rings (SSSR count). The predicted octanol–water partition coefficient (Wildman–Crippen LogP) is 4.38. The molecule has 8 unspecified atom stereocenters. The molecule has 4 aliphatic rings. The Morgan fingerprint density at radius 2 is 1.97 bits per heavy atom. The maximum atomic E-state index is 13.3. The van der Waals surface area contributed by atoms with E-state index in [1.807, 2.05) is 22.8 Å². The number of nitrogens with zero attached hydrogens (tertiary/aromatic N) is 4. The second-order valence-corrected chi connectivity index (χ2v) is 14.4. The van der Waals surface area contributed by atoms with E-state index in [-0.39, 0.29) is 23.8 Å². The molecule has 8 atom stereocenters. The molecule has 3 N–H and O–H groups in total. The average Bonchev–Trinajstić information content (AvgIpc) is 3.54. The van der Waals surface area contributed by atoms with Crippen LogP contribution in [0.4, 0.5) is 13.2 Å². The molecular weight excluding hydrogens is 527 g/mol. The van der Waals surface area contributed by atoms with Gasteiger partial charge in [0.1, 0.15) is 12.8 Å². The van der Waals surface area contributed by atoms with Gasteiger partial charge in [0, 0.05) is 61.2 Å². The number of nitrogens with one attached hydrogen (secondary N) is 3. The van der Waals surface area contributed by atoms with Crippen molar-refractivity contribution in [2.75, 3.05) is 32.8 Å². The highest BCUT2D eigenvalue weighted by molar-refractivity contribution is 7.98. The number of hydrogen-bond donors (Lipinski definition) is 3. The molecule has 39 heavy (non-hydrogen) atoms. The summed E-state index contributed by atoms with van der Waals surface area (Å²) in [4.78, 5) is 2.68. The van der Waals surface area contributed by atoms with Crippen LogP contribution in [-0.4, -0.2) is 81.6 Å². The zero-order chi connectivity index (χ0) is 28.0.